The Morgan fingerprint density at radius 3 is 2.82 bits per heavy atom. The Morgan fingerprint density at radius 1 is 1.29 bits per heavy atom. The average Bonchev–Trinajstić information content (AvgIpc) is 2.57. The third-order valence-corrected chi connectivity index (χ3v) is 3.91. The Balaban J connectivity index is 1.65. The second-order valence-electron chi connectivity index (χ2n) is 5.36. The van der Waals surface area contributed by atoms with Gasteiger partial charge in [-0.3, -0.25) is 0 Å². The molecule has 0 amide bonds. The topological polar surface area (TPSA) is 29.8 Å². The molecule has 2 aliphatic heterocycles. The van der Waals surface area contributed by atoms with E-state index in [1.807, 2.05) is 6.20 Å². The van der Waals surface area contributed by atoms with Crippen molar-refractivity contribution in [2.45, 2.75) is 6.92 Å². The molecule has 4 heterocycles. The van der Waals surface area contributed by atoms with E-state index >= 15 is 0 Å². The van der Waals surface area contributed by atoms with Crippen molar-refractivity contribution >= 4 is 11.3 Å². The van der Waals surface area contributed by atoms with Crippen molar-refractivity contribution in [3.63, 3.8) is 0 Å². The summed E-state index contributed by atoms with van der Waals surface area (Å²) >= 11 is 0. The molecule has 4 nitrogen and oxygen atoms in total. The summed E-state index contributed by atoms with van der Waals surface area (Å²) in [6.45, 7) is 6.23. The van der Waals surface area contributed by atoms with Gasteiger partial charge >= 0.3 is 0 Å². The molecule has 17 heavy (non-hydrogen) atoms. The minimum Gasteiger partial charge on any atom is -0.380 e. The highest BCUT2D eigenvalue weighted by molar-refractivity contribution is 5.55. The number of fused-ring (bicyclic) bond motifs is 1. The van der Waals surface area contributed by atoms with E-state index in [2.05, 4.69) is 39.5 Å². The SMILES string of the molecule is Cc1cnc2ccc(N3CC4(COC4)C3)cn12. The molecule has 0 N–H and O–H groups in total. The van der Waals surface area contributed by atoms with Crippen LogP contribution < -0.4 is 4.90 Å². The summed E-state index contributed by atoms with van der Waals surface area (Å²) in [6, 6.07) is 4.25. The number of anilines is 1. The molecule has 0 unspecified atom stereocenters. The number of imidazole rings is 1. The Bertz CT molecular complexity index is 577. The van der Waals surface area contributed by atoms with Gasteiger partial charge in [-0.15, -0.1) is 0 Å². The van der Waals surface area contributed by atoms with Crippen LogP contribution in [0.3, 0.4) is 0 Å². The molecular formula is C13H15N3O. The molecule has 2 aromatic heterocycles. The molecule has 0 aliphatic carbocycles. The number of ether oxygens (including phenoxy) is 1. The van der Waals surface area contributed by atoms with Crippen LogP contribution in [0.2, 0.25) is 0 Å². The van der Waals surface area contributed by atoms with Crippen LogP contribution in [0.1, 0.15) is 5.69 Å². The lowest BCUT2D eigenvalue weighted by atomic mass is 9.78. The third-order valence-electron chi connectivity index (χ3n) is 3.91. The molecule has 0 saturated carbocycles. The summed E-state index contributed by atoms with van der Waals surface area (Å²) in [6.07, 6.45) is 4.10. The second-order valence-corrected chi connectivity index (χ2v) is 5.36. The summed E-state index contributed by atoms with van der Waals surface area (Å²) in [5, 5.41) is 0. The third kappa shape index (κ3) is 1.24. The number of nitrogens with zero attached hydrogens (tertiary/aromatic N) is 3. The fourth-order valence-electron chi connectivity index (χ4n) is 2.80. The van der Waals surface area contributed by atoms with E-state index in [4.69, 9.17) is 4.74 Å². The molecule has 0 aromatic carbocycles. The highest BCUT2D eigenvalue weighted by Gasteiger charge is 2.49. The van der Waals surface area contributed by atoms with Gasteiger partial charge in [-0.1, -0.05) is 0 Å². The van der Waals surface area contributed by atoms with E-state index in [0.29, 0.717) is 5.41 Å². The van der Waals surface area contributed by atoms with Gasteiger partial charge in [0.15, 0.2) is 0 Å². The zero-order valence-corrected chi connectivity index (χ0v) is 9.89. The van der Waals surface area contributed by atoms with Crippen LogP contribution >= 0.6 is 0 Å². The fraction of sp³-hybridized carbons (Fsp3) is 0.462. The molecule has 2 fully saturated rings. The van der Waals surface area contributed by atoms with Gasteiger partial charge in [-0.05, 0) is 19.1 Å². The summed E-state index contributed by atoms with van der Waals surface area (Å²) < 4.78 is 7.45. The number of hydrogen-bond acceptors (Lipinski definition) is 3. The molecule has 88 valence electrons. The first-order valence-electron chi connectivity index (χ1n) is 6.02. The standard InChI is InChI=1S/C13H15N3O/c1-10-4-14-12-3-2-11(5-16(10)12)15-6-13(7-15)8-17-9-13/h2-5H,6-9H2,1H3. The van der Waals surface area contributed by atoms with Crippen LogP contribution in [0.4, 0.5) is 5.69 Å². The van der Waals surface area contributed by atoms with Gasteiger partial charge in [0, 0.05) is 31.2 Å². The Hall–Kier alpha value is -1.55. The summed E-state index contributed by atoms with van der Waals surface area (Å²) in [5.74, 6) is 0. The largest absolute Gasteiger partial charge is 0.380 e. The maximum absolute atomic E-state index is 5.30. The number of pyridine rings is 1. The molecule has 0 bridgehead atoms. The van der Waals surface area contributed by atoms with E-state index in [1.165, 1.54) is 11.4 Å². The minimum atomic E-state index is 0.471. The van der Waals surface area contributed by atoms with Gasteiger partial charge in [0.25, 0.3) is 0 Å². The predicted molar refractivity (Wildman–Crippen MR) is 65.4 cm³/mol. The first-order chi connectivity index (χ1) is 8.26. The van der Waals surface area contributed by atoms with E-state index in [-0.39, 0.29) is 0 Å². The van der Waals surface area contributed by atoms with Crippen molar-refractivity contribution in [2.24, 2.45) is 5.41 Å². The van der Waals surface area contributed by atoms with Crippen molar-refractivity contribution in [3.05, 3.63) is 30.2 Å². The fourth-order valence-corrected chi connectivity index (χ4v) is 2.80. The summed E-state index contributed by atoms with van der Waals surface area (Å²) in [5.41, 5.74) is 3.97. The second kappa shape index (κ2) is 3.01. The van der Waals surface area contributed by atoms with Gasteiger partial charge in [0.2, 0.25) is 0 Å². The smallest absolute Gasteiger partial charge is 0.137 e. The normalized spacial score (nSPS) is 21.6. The van der Waals surface area contributed by atoms with Crippen molar-refractivity contribution in [1.82, 2.24) is 9.38 Å². The number of hydrogen-bond donors (Lipinski definition) is 0. The lowest BCUT2D eigenvalue weighted by Gasteiger charge is -2.55. The number of aryl methyl sites for hydroxylation is 1. The highest BCUT2D eigenvalue weighted by Crippen LogP contribution is 2.40. The monoisotopic (exact) mass is 229 g/mol. The molecular weight excluding hydrogens is 214 g/mol. The first-order valence-corrected chi connectivity index (χ1v) is 6.02. The zero-order chi connectivity index (χ0) is 11.5. The molecule has 0 atom stereocenters. The quantitative estimate of drug-likeness (QED) is 0.742. The Labute approximate surface area is 99.8 Å². The van der Waals surface area contributed by atoms with Crippen molar-refractivity contribution < 1.29 is 4.74 Å². The molecule has 4 rings (SSSR count). The predicted octanol–water partition coefficient (Wildman–Crippen LogP) is 1.48. The van der Waals surface area contributed by atoms with Crippen LogP contribution in [0, 0.1) is 12.3 Å². The molecule has 0 radical (unpaired) electrons. The first kappa shape index (κ1) is 9.48. The van der Waals surface area contributed by atoms with Crippen LogP contribution in [0.15, 0.2) is 24.5 Å². The number of aromatic nitrogens is 2. The zero-order valence-electron chi connectivity index (χ0n) is 9.89. The van der Waals surface area contributed by atoms with Crippen LogP contribution in [-0.2, 0) is 4.74 Å². The molecule has 1 spiro atoms. The van der Waals surface area contributed by atoms with Gasteiger partial charge < -0.3 is 14.0 Å². The number of rotatable bonds is 1. The van der Waals surface area contributed by atoms with Crippen molar-refractivity contribution in [3.8, 4) is 0 Å². The van der Waals surface area contributed by atoms with Crippen LogP contribution in [0.5, 0.6) is 0 Å². The molecule has 2 aliphatic rings. The summed E-state index contributed by atoms with van der Waals surface area (Å²) in [7, 11) is 0. The molecule has 2 saturated heterocycles. The van der Waals surface area contributed by atoms with Crippen molar-refractivity contribution in [1.29, 1.82) is 0 Å². The molecule has 4 heteroatoms. The van der Waals surface area contributed by atoms with Crippen molar-refractivity contribution in [2.75, 3.05) is 31.2 Å². The minimum absolute atomic E-state index is 0.471. The van der Waals surface area contributed by atoms with Gasteiger partial charge in [0.1, 0.15) is 5.65 Å². The lowest BCUT2D eigenvalue weighted by molar-refractivity contribution is -0.127. The maximum Gasteiger partial charge on any atom is 0.137 e. The van der Waals surface area contributed by atoms with Crippen LogP contribution in [-0.4, -0.2) is 35.7 Å². The Morgan fingerprint density at radius 2 is 2.12 bits per heavy atom. The average molecular weight is 229 g/mol. The van der Waals surface area contributed by atoms with E-state index in [9.17, 15) is 0 Å². The van der Waals surface area contributed by atoms with E-state index in [0.717, 1.165) is 32.0 Å². The van der Waals surface area contributed by atoms with Gasteiger partial charge in [-0.2, -0.15) is 0 Å². The van der Waals surface area contributed by atoms with Gasteiger partial charge in [-0.25, -0.2) is 4.98 Å². The van der Waals surface area contributed by atoms with E-state index in [1.54, 1.807) is 0 Å². The van der Waals surface area contributed by atoms with Crippen LogP contribution in [0.25, 0.3) is 5.65 Å². The maximum atomic E-state index is 5.30. The lowest BCUT2D eigenvalue weighted by Crippen LogP contribution is -2.66. The summed E-state index contributed by atoms with van der Waals surface area (Å²) in [4.78, 5) is 6.76. The van der Waals surface area contributed by atoms with E-state index < -0.39 is 0 Å². The van der Waals surface area contributed by atoms with Gasteiger partial charge in [0.05, 0.1) is 24.3 Å². The highest BCUT2D eigenvalue weighted by atomic mass is 16.5. The molecule has 2 aromatic rings. The Kier molecular flexibility index (Phi) is 1.68.